The number of allylic oxidation sites excluding steroid dienone is 1. The van der Waals surface area contributed by atoms with E-state index in [9.17, 15) is 4.39 Å². The summed E-state index contributed by atoms with van der Waals surface area (Å²) in [5.74, 6) is 0.594. The number of rotatable bonds is 1. The fourth-order valence-electron chi connectivity index (χ4n) is 1.68. The fourth-order valence-corrected chi connectivity index (χ4v) is 1.68. The van der Waals surface area contributed by atoms with Gasteiger partial charge in [0.25, 0.3) is 0 Å². The largest absolute Gasteiger partial charge is 0.488 e. The van der Waals surface area contributed by atoms with Crippen molar-refractivity contribution in [3.05, 3.63) is 35.4 Å². The molecule has 0 unspecified atom stereocenters. The molecule has 1 aliphatic carbocycles. The molecule has 0 saturated carbocycles. The molecule has 80 valence electrons. The second kappa shape index (κ2) is 3.37. The minimum atomic E-state index is -0.243. The van der Waals surface area contributed by atoms with Crippen LogP contribution in [0.3, 0.4) is 0 Å². The minimum absolute atomic E-state index is 0.135. The first-order chi connectivity index (χ1) is 6.96. The maximum atomic E-state index is 13.3. The van der Waals surface area contributed by atoms with Gasteiger partial charge in [-0.15, -0.1) is 0 Å². The van der Waals surface area contributed by atoms with E-state index in [0.29, 0.717) is 12.0 Å². The second-order valence-corrected chi connectivity index (χ2v) is 4.79. The molecule has 0 fully saturated rings. The van der Waals surface area contributed by atoms with Gasteiger partial charge in [0.15, 0.2) is 0 Å². The van der Waals surface area contributed by atoms with Crippen molar-refractivity contribution >= 4 is 5.83 Å². The topological polar surface area (TPSA) is 9.23 Å². The molecule has 2 heteroatoms. The molecule has 15 heavy (non-hydrogen) atoms. The van der Waals surface area contributed by atoms with Gasteiger partial charge in [0.2, 0.25) is 0 Å². The summed E-state index contributed by atoms with van der Waals surface area (Å²) in [5, 5.41) is 0. The summed E-state index contributed by atoms with van der Waals surface area (Å²) in [6, 6.07) is 5.61. The smallest absolute Gasteiger partial charge is 0.127 e. The molecule has 1 aromatic rings. The summed E-state index contributed by atoms with van der Waals surface area (Å²) in [6.07, 6.45) is 2.29. The first kappa shape index (κ1) is 10.2. The van der Waals surface area contributed by atoms with Crippen molar-refractivity contribution in [1.82, 2.24) is 0 Å². The first-order valence-corrected chi connectivity index (χ1v) is 5.14. The third-order valence-corrected chi connectivity index (χ3v) is 2.26. The molecule has 1 aromatic carbocycles. The predicted molar refractivity (Wildman–Crippen MR) is 59.6 cm³/mol. The van der Waals surface area contributed by atoms with E-state index in [1.54, 1.807) is 12.1 Å². The Hall–Kier alpha value is -1.31. The zero-order valence-electron chi connectivity index (χ0n) is 9.30. The third kappa shape index (κ3) is 2.20. The van der Waals surface area contributed by atoms with Gasteiger partial charge >= 0.3 is 0 Å². The Labute approximate surface area is 89.6 Å². The van der Waals surface area contributed by atoms with Crippen LogP contribution in [0.25, 0.3) is 5.83 Å². The van der Waals surface area contributed by atoms with Crippen LogP contribution < -0.4 is 4.74 Å². The van der Waals surface area contributed by atoms with Crippen LogP contribution in [-0.2, 0) is 6.42 Å². The molecule has 2 rings (SSSR count). The van der Waals surface area contributed by atoms with Gasteiger partial charge in [0.05, 0.1) is 0 Å². The molecule has 1 aliphatic rings. The van der Waals surface area contributed by atoms with Crippen molar-refractivity contribution < 1.29 is 9.13 Å². The van der Waals surface area contributed by atoms with Crippen molar-refractivity contribution in [2.24, 2.45) is 0 Å². The number of fused-ring (bicyclic) bond motifs is 1. The van der Waals surface area contributed by atoms with Crippen LogP contribution in [0.2, 0.25) is 0 Å². The normalized spacial score (nSPS) is 14.8. The lowest BCUT2D eigenvalue weighted by Crippen LogP contribution is -2.22. The van der Waals surface area contributed by atoms with E-state index in [4.69, 9.17) is 4.74 Å². The minimum Gasteiger partial charge on any atom is -0.488 e. The fraction of sp³-hybridized carbons (Fsp3) is 0.385. The molecule has 0 heterocycles. The summed E-state index contributed by atoms with van der Waals surface area (Å²) >= 11 is 0. The average molecular weight is 206 g/mol. The number of hydrogen-bond donors (Lipinski definition) is 0. The van der Waals surface area contributed by atoms with E-state index in [1.165, 1.54) is 0 Å². The van der Waals surface area contributed by atoms with Gasteiger partial charge in [-0.2, -0.15) is 0 Å². The monoisotopic (exact) mass is 206 g/mol. The summed E-state index contributed by atoms with van der Waals surface area (Å²) in [6.45, 7) is 5.94. The molecule has 0 bridgehead atoms. The van der Waals surface area contributed by atoms with Crippen LogP contribution in [-0.4, -0.2) is 5.60 Å². The maximum Gasteiger partial charge on any atom is 0.127 e. The molecule has 1 nitrogen and oxygen atoms in total. The van der Waals surface area contributed by atoms with Gasteiger partial charge in [0.1, 0.15) is 17.2 Å². The summed E-state index contributed by atoms with van der Waals surface area (Å²) < 4.78 is 19.0. The van der Waals surface area contributed by atoms with E-state index in [2.05, 4.69) is 0 Å². The van der Waals surface area contributed by atoms with Crippen molar-refractivity contribution in [3.8, 4) is 5.75 Å². The van der Waals surface area contributed by atoms with Gasteiger partial charge in [-0.1, -0.05) is 6.07 Å². The molecular formula is C13H15FO. The Morgan fingerprint density at radius 2 is 2.00 bits per heavy atom. The van der Waals surface area contributed by atoms with Crippen LogP contribution in [0.4, 0.5) is 4.39 Å². The number of hydrogen-bond acceptors (Lipinski definition) is 1. The third-order valence-electron chi connectivity index (χ3n) is 2.26. The van der Waals surface area contributed by atoms with Gasteiger partial charge in [0, 0.05) is 5.56 Å². The van der Waals surface area contributed by atoms with Crippen molar-refractivity contribution in [1.29, 1.82) is 0 Å². The molecular weight excluding hydrogens is 191 g/mol. The van der Waals surface area contributed by atoms with Crippen LogP contribution in [0.1, 0.15) is 31.9 Å². The van der Waals surface area contributed by atoms with Gasteiger partial charge < -0.3 is 4.74 Å². The van der Waals surface area contributed by atoms with E-state index in [-0.39, 0.29) is 11.4 Å². The lowest BCUT2D eigenvalue weighted by atomic mass is 10.1. The van der Waals surface area contributed by atoms with Crippen LogP contribution in [0.5, 0.6) is 5.75 Å². The lowest BCUT2D eigenvalue weighted by molar-refractivity contribution is 0.131. The lowest BCUT2D eigenvalue weighted by Gasteiger charge is -2.21. The Balaban J connectivity index is 2.30. The maximum absolute atomic E-state index is 13.3. The van der Waals surface area contributed by atoms with E-state index < -0.39 is 0 Å². The standard InChI is InChI=1S/C13H15FO/c1-13(2,3)15-10-6-4-9-5-7-12(14)11(9)8-10/h4,6-8H,5H2,1-3H3. The van der Waals surface area contributed by atoms with E-state index in [0.717, 1.165) is 11.3 Å². The molecule has 0 aromatic heterocycles. The van der Waals surface area contributed by atoms with Crippen molar-refractivity contribution in [3.63, 3.8) is 0 Å². The highest BCUT2D eigenvalue weighted by molar-refractivity contribution is 5.68. The molecule has 0 amide bonds. The van der Waals surface area contributed by atoms with Crippen molar-refractivity contribution in [2.45, 2.75) is 32.8 Å². The predicted octanol–water partition coefficient (Wildman–Crippen LogP) is 3.73. The molecule has 0 N–H and O–H groups in total. The van der Waals surface area contributed by atoms with E-state index >= 15 is 0 Å². The van der Waals surface area contributed by atoms with Crippen LogP contribution in [0.15, 0.2) is 24.3 Å². The highest BCUT2D eigenvalue weighted by Gasteiger charge is 2.17. The van der Waals surface area contributed by atoms with Gasteiger partial charge in [-0.3, -0.25) is 0 Å². The molecule has 0 spiro atoms. The molecule has 0 saturated heterocycles. The quantitative estimate of drug-likeness (QED) is 0.680. The first-order valence-electron chi connectivity index (χ1n) is 5.14. The Morgan fingerprint density at radius 3 is 2.67 bits per heavy atom. The SMILES string of the molecule is CC(C)(C)Oc1ccc2c(c1)C(F)=CC2. The molecule has 0 radical (unpaired) electrons. The number of ether oxygens (including phenoxy) is 1. The van der Waals surface area contributed by atoms with Crippen LogP contribution >= 0.6 is 0 Å². The summed E-state index contributed by atoms with van der Waals surface area (Å²) in [7, 11) is 0. The zero-order valence-corrected chi connectivity index (χ0v) is 9.30. The summed E-state index contributed by atoms with van der Waals surface area (Å²) in [5.41, 5.74) is 1.47. The Morgan fingerprint density at radius 1 is 1.27 bits per heavy atom. The molecule has 0 atom stereocenters. The second-order valence-electron chi connectivity index (χ2n) is 4.79. The zero-order chi connectivity index (χ0) is 11.1. The molecule has 0 aliphatic heterocycles. The van der Waals surface area contributed by atoms with Gasteiger partial charge in [-0.05, 0) is 51.0 Å². The van der Waals surface area contributed by atoms with Gasteiger partial charge in [-0.25, -0.2) is 4.39 Å². The Kier molecular flexibility index (Phi) is 2.29. The number of halogens is 1. The Bertz CT molecular complexity index is 413. The average Bonchev–Trinajstić information content (AvgIpc) is 2.45. The van der Waals surface area contributed by atoms with Crippen molar-refractivity contribution in [2.75, 3.05) is 0 Å². The van der Waals surface area contributed by atoms with E-state index in [1.807, 2.05) is 32.9 Å². The highest BCUT2D eigenvalue weighted by atomic mass is 19.1. The highest BCUT2D eigenvalue weighted by Crippen LogP contribution is 2.32. The van der Waals surface area contributed by atoms with Crippen LogP contribution in [0, 0.1) is 0 Å². The number of benzene rings is 1. The summed E-state index contributed by atoms with van der Waals surface area (Å²) in [4.78, 5) is 0.